The quantitative estimate of drug-likeness (QED) is 0.788. The first-order valence-electron chi connectivity index (χ1n) is 8.63. The predicted molar refractivity (Wildman–Crippen MR) is 104 cm³/mol. The first-order chi connectivity index (χ1) is 11.7. The molecule has 0 saturated carbocycles. The molecular weight excluding hydrogens is 314 g/mol. The number of thiocarbonyl (C=S) groups is 1. The van der Waals surface area contributed by atoms with Gasteiger partial charge in [-0.05, 0) is 66.8 Å². The lowest BCUT2D eigenvalue weighted by molar-refractivity contribution is 0.409. The molecule has 0 fully saturated rings. The summed E-state index contributed by atoms with van der Waals surface area (Å²) in [5.74, 6) is 2.08. The van der Waals surface area contributed by atoms with Crippen LogP contribution in [0.25, 0.3) is 0 Å². The van der Waals surface area contributed by atoms with Gasteiger partial charge in [-0.25, -0.2) is 0 Å². The zero-order chi connectivity index (χ0) is 16.9. The Kier molecular flexibility index (Phi) is 5.52. The molecule has 0 aliphatic heterocycles. The highest BCUT2D eigenvalue weighted by molar-refractivity contribution is 7.80. The Morgan fingerprint density at radius 1 is 1.21 bits per heavy atom. The van der Waals surface area contributed by atoms with Gasteiger partial charge in [0.2, 0.25) is 0 Å². The van der Waals surface area contributed by atoms with Gasteiger partial charge in [0.05, 0.1) is 12.1 Å². The molecule has 0 heterocycles. The van der Waals surface area contributed by atoms with E-state index in [-0.39, 0.29) is 0 Å². The number of benzene rings is 2. The van der Waals surface area contributed by atoms with Crippen molar-refractivity contribution < 1.29 is 4.74 Å². The summed E-state index contributed by atoms with van der Waals surface area (Å²) in [6, 6.07) is 17.5. The van der Waals surface area contributed by atoms with E-state index in [1.165, 1.54) is 23.1 Å². The van der Waals surface area contributed by atoms with Crippen LogP contribution in [0, 0.1) is 0 Å². The average Bonchev–Trinajstić information content (AvgIpc) is 2.61. The van der Waals surface area contributed by atoms with Gasteiger partial charge < -0.3 is 10.1 Å². The van der Waals surface area contributed by atoms with E-state index < -0.39 is 0 Å². The maximum atomic E-state index is 5.45. The van der Waals surface area contributed by atoms with Crippen LogP contribution in [0.5, 0.6) is 5.75 Å². The molecule has 126 valence electrons. The summed E-state index contributed by atoms with van der Waals surface area (Å²) < 4.78 is 5.45. The fourth-order valence-electron chi connectivity index (χ4n) is 3.76. The predicted octanol–water partition coefficient (Wildman–Crippen LogP) is 4.84. The van der Waals surface area contributed by atoms with E-state index in [2.05, 4.69) is 53.8 Å². The summed E-state index contributed by atoms with van der Waals surface area (Å²) in [6.07, 6.45) is 3.39. The first-order valence-corrected chi connectivity index (χ1v) is 9.04. The smallest absolute Gasteiger partial charge is 0.119 e. The Balaban J connectivity index is 1.85. The van der Waals surface area contributed by atoms with Gasteiger partial charge in [0.25, 0.3) is 0 Å². The summed E-state index contributed by atoms with van der Waals surface area (Å²) >= 11 is 5.15. The second kappa shape index (κ2) is 7.80. The molecule has 1 aliphatic carbocycles. The summed E-state index contributed by atoms with van der Waals surface area (Å²) in [5.41, 5.74) is 4.35. The highest BCUT2D eigenvalue weighted by Crippen LogP contribution is 2.42. The van der Waals surface area contributed by atoms with Gasteiger partial charge in [0, 0.05) is 6.54 Å². The van der Waals surface area contributed by atoms with Gasteiger partial charge in [-0.15, -0.1) is 0 Å². The van der Waals surface area contributed by atoms with Gasteiger partial charge in [-0.1, -0.05) is 48.6 Å². The Morgan fingerprint density at radius 2 is 2.00 bits per heavy atom. The van der Waals surface area contributed by atoms with E-state index in [4.69, 9.17) is 17.0 Å². The topological polar surface area (TPSA) is 21.3 Å². The molecule has 0 radical (unpaired) electrons. The van der Waals surface area contributed by atoms with Crippen molar-refractivity contribution in [2.45, 2.75) is 38.0 Å². The number of methoxy groups -OCH3 is 1. The lowest BCUT2D eigenvalue weighted by Gasteiger charge is -2.32. The Bertz CT molecular complexity index is 698. The van der Waals surface area contributed by atoms with Crippen molar-refractivity contribution in [2.75, 3.05) is 13.7 Å². The first kappa shape index (κ1) is 17.0. The third-order valence-corrected chi connectivity index (χ3v) is 5.11. The summed E-state index contributed by atoms with van der Waals surface area (Å²) in [6.45, 7) is 2.87. The van der Waals surface area contributed by atoms with E-state index in [1.807, 2.05) is 6.92 Å². The van der Waals surface area contributed by atoms with Crippen LogP contribution in [0.4, 0.5) is 0 Å². The summed E-state index contributed by atoms with van der Waals surface area (Å²) in [5, 5.41) is 3.31. The number of rotatable bonds is 5. The van der Waals surface area contributed by atoms with Crippen LogP contribution in [0.2, 0.25) is 0 Å². The van der Waals surface area contributed by atoms with Gasteiger partial charge in [0.15, 0.2) is 0 Å². The largest absolute Gasteiger partial charge is 0.497 e. The van der Waals surface area contributed by atoms with Crippen molar-refractivity contribution in [1.82, 2.24) is 5.32 Å². The number of hydrogen-bond acceptors (Lipinski definition) is 2. The Hall–Kier alpha value is -1.87. The van der Waals surface area contributed by atoms with Crippen LogP contribution in [0.1, 0.15) is 48.3 Å². The fourth-order valence-corrected chi connectivity index (χ4v) is 3.86. The minimum absolute atomic E-state index is 0.538. The Morgan fingerprint density at radius 3 is 2.71 bits per heavy atom. The molecule has 2 aromatic carbocycles. The van der Waals surface area contributed by atoms with Gasteiger partial charge in [0.1, 0.15) is 5.75 Å². The van der Waals surface area contributed by atoms with Crippen molar-refractivity contribution in [2.24, 2.45) is 0 Å². The van der Waals surface area contributed by atoms with Crippen molar-refractivity contribution in [3.63, 3.8) is 0 Å². The zero-order valence-electron chi connectivity index (χ0n) is 14.4. The van der Waals surface area contributed by atoms with E-state index >= 15 is 0 Å². The molecule has 2 nitrogen and oxygen atoms in total. The molecule has 3 heteroatoms. The molecule has 0 aromatic heterocycles. The molecule has 3 rings (SSSR count). The summed E-state index contributed by atoms with van der Waals surface area (Å²) in [4.78, 5) is 0.872. The van der Waals surface area contributed by atoms with Crippen LogP contribution in [-0.4, -0.2) is 18.6 Å². The van der Waals surface area contributed by atoms with Gasteiger partial charge in [-0.2, -0.15) is 0 Å². The van der Waals surface area contributed by atoms with E-state index in [1.54, 1.807) is 7.11 Å². The van der Waals surface area contributed by atoms with Gasteiger partial charge in [-0.3, -0.25) is 0 Å². The molecule has 2 aromatic rings. The molecule has 0 bridgehead atoms. The monoisotopic (exact) mass is 339 g/mol. The number of fused-ring (bicyclic) bond motifs is 1. The van der Waals surface area contributed by atoms with Gasteiger partial charge >= 0.3 is 0 Å². The van der Waals surface area contributed by atoms with Crippen LogP contribution >= 0.6 is 12.2 Å². The molecule has 2 unspecified atom stereocenters. The van der Waals surface area contributed by atoms with Crippen LogP contribution < -0.4 is 10.1 Å². The average molecular weight is 340 g/mol. The SMILES string of the molecule is COc1ccc2c(c1)C(CCNC(C)=S)CC(c1ccccc1)C2. The third-order valence-electron chi connectivity index (χ3n) is 4.97. The standard InChI is InChI=1S/C21H25NOS/c1-15(24)22-11-10-18-13-19(16-6-4-3-5-7-16)12-17-8-9-20(23-2)14-21(17)18/h3-9,14,18-19H,10-13H2,1-2H3,(H,22,24). The third kappa shape index (κ3) is 3.96. The minimum Gasteiger partial charge on any atom is -0.497 e. The van der Waals surface area contributed by atoms with Crippen LogP contribution in [0.3, 0.4) is 0 Å². The van der Waals surface area contributed by atoms with E-state index in [9.17, 15) is 0 Å². The van der Waals surface area contributed by atoms with Crippen LogP contribution in [0.15, 0.2) is 48.5 Å². The van der Waals surface area contributed by atoms with Crippen molar-refractivity contribution in [3.8, 4) is 5.75 Å². The molecule has 1 aliphatic rings. The maximum absolute atomic E-state index is 5.45. The molecule has 1 N–H and O–H groups in total. The minimum atomic E-state index is 0.538. The number of ether oxygens (including phenoxy) is 1. The summed E-state index contributed by atoms with van der Waals surface area (Å²) in [7, 11) is 1.74. The number of nitrogens with one attached hydrogen (secondary N) is 1. The van der Waals surface area contributed by atoms with Crippen molar-refractivity contribution in [1.29, 1.82) is 0 Å². The van der Waals surface area contributed by atoms with Crippen molar-refractivity contribution in [3.05, 3.63) is 65.2 Å². The number of hydrogen-bond donors (Lipinski definition) is 1. The molecule has 2 atom stereocenters. The zero-order valence-corrected chi connectivity index (χ0v) is 15.2. The van der Waals surface area contributed by atoms with E-state index in [0.29, 0.717) is 11.8 Å². The fraction of sp³-hybridized carbons (Fsp3) is 0.381. The molecule has 0 amide bonds. The van der Waals surface area contributed by atoms with Crippen molar-refractivity contribution >= 4 is 17.2 Å². The second-order valence-electron chi connectivity index (χ2n) is 6.58. The molecule has 0 spiro atoms. The molecule has 24 heavy (non-hydrogen) atoms. The second-order valence-corrected chi connectivity index (χ2v) is 7.19. The lowest BCUT2D eigenvalue weighted by atomic mass is 9.73. The maximum Gasteiger partial charge on any atom is 0.119 e. The highest BCUT2D eigenvalue weighted by Gasteiger charge is 2.28. The normalized spacial score (nSPS) is 19.4. The Labute approximate surface area is 150 Å². The molecule has 0 saturated heterocycles. The van der Waals surface area contributed by atoms with E-state index in [0.717, 1.165) is 30.1 Å². The van der Waals surface area contributed by atoms with Crippen LogP contribution in [-0.2, 0) is 6.42 Å². The lowest BCUT2D eigenvalue weighted by Crippen LogP contribution is -2.24. The molecular formula is C21H25NOS. The highest BCUT2D eigenvalue weighted by atomic mass is 32.1.